The number of carbonyl (C=O) groups is 3. The number of pyridine rings is 1. The van der Waals surface area contributed by atoms with Gasteiger partial charge in [-0.1, -0.05) is 18.2 Å². The average molecular weight is 434 g/mol. The number of amides is 2. The lowest BCUT2D eigenvalue weighted by Crippen LogP contribution is -2.40. The van der Waals surface area contributed by atoms with Crippen LogP contribution in [0.15, 0.2) is 41.1 Å². The summed E-state index contributed by atoms with van der Waals surface area (Å²) in [4.78, 5) is 40.0. The summed E-state index contributed by atoms with van der Waals surface area (Å²) in [5.74, 6) is -1.61. The van der Waals surface area contributed by atoms with Gasteiger partial charge in [0.1, 0.15) is 0 Å². The van der Waals surface area contributed by atoms with Crippen LogP contribution in [0.1, 0.15) is 28.4 Å². The van der Waals surface area contributed by atoms with Crippen LogP contribution < -0.4 is 10.6 Å². The number of para-hydroxylation sites is 1. The van der Waals surface area contributed by atoms with Crippen LogP contribution in [0.2, 0.25) is 0 Å². The van der Waals surface area contributed by atoms with Crippen molar-refractivity contribution in [2.45, 2.75) is 26.9 Å². The molecule has 2 amide bonds. The molecule has 0 saturated heterocycles. The van der Waals surface area contributed by atoms with E-state index >= 15 is 0 Å². The van der Waals surface area contributed by atoms with E-state index in [2.05, 4.69) is 31.5 Å². The Morgan fingerprint density at radius 3 is 2.48 bits per heavy atom. The van der Waals surface area contributed by atoms with Crippen LogP contribution in [-0.4, -0.2) is 35.4 Å². The predicted molar refractivity (Wildman–Crippen MR) is 104 cm³/mol. The third-order valence-corrected chi connectivity index (χ3v) is 4.20. The number of rotatable bonds is 6. The molecule has 0 aliphatic rings. The first-order valence-electron chi connectivity index (χ1n) is 8.23. The molecule has 1 aromatic heterocycles. The van der Waals surface area contributed by atoms with Crippen molar-refractivity contribution in [1.82, 2.24) is 10.3 Å². The highest BCUT2D eigenvalue weighted by atomic mass is 79.9. The van der Waals surface area contributed by atoms with Gasteiger partial charge in [-0.3, -0.25) is 14.6 Å². The van der Waals surface area contributed by atoms with E-state index < -0.39 is 18.0 Å². The normalized spacial score (nSPS) is 11.4. The molecule has 1 aromatic carbocycles. The molecule has 0 saturated carbocycles. The summed E-state index contributed by atoms with van der Waals surface area (Å²) >= 11 is 3.21. The van der Waals surface area contributed by atoms with Crippen molar-refractivity contribution in [2.24, 2.45) is 0 Å². The molecule has 0 bridgehead atoms. The van der Waals surface area contributed by atoms with Gasteiger partial charge in [0, 0.05) is 22.6 Å². The number of esters is 1. The molecule has 0 radical (unpaired) electrons. The van der Waals surface area contributed by atoms with Crippen LogP contribution in [0.4, 0.5) is 5.69 Å². The molecule has 2 aromatic rings. The number of anilines is 1. The lowest BCUT2D eigenvalue weighted by Gasteiger charge is -2.14. The van der Waals surface area contributed by atoms with E-state index in [1.807, 2.05) is 32.0 Å². The molecule has 1 atom stereocenters. The first-order valence-corrected chi connectivity index (χ1v) is 9.02. The molecule has 0 unspecified atom stereocenters. The molecule has 2 N–H and O–H groups in total. The highest BCUT2D eigenvalue weighted by Crippen LogP contribution is 2.19. The summed E-state index contributed by atoms with van der Waals surface area (Å²) in [6, 6.07) is 7.22. The van der Waals surface area contributed by atoms with Crippen LogP contribution in [0.25, 0.3) is 0 Å². The van der Waals surface area contributed by atoms with E-state index in [9.17, 15) is 14.4 Å². The van der Waals surface area contributed by atoms with Crippen LogP contribution in [0, 0.1) is 13.8 Å². The summed E-state index contributed by atoms with van der Waals surface area (Å²) in [5.41, 5.74) is 2.80. The zero-order valence-corrected chi connectivity index (χ0v) is 16.8. The second-order valence-corrected chi connectivity index (χ2v) is 6.89. The standard InChI is InChI=1S/C19H20BrN3O4/c1-11-5-4-6-12(2)17(11)23-16(24)10-22-18(25)13(3)27-19(26)14-7-15(20)9-21-8-14/h4-9,13H,10H2,1-3H3,(H,22,25)(H,23,24)/t13-/m0/s1. The Kier molecular flexibility index (Phi) is 7.06. The first kappa shape index (κ1) is 20.6. The van der Waals surface area contributed by atoms with Crippen molar-refractivity contribution in [3.63, 3.8) is 0 Å². The summed E-state index contributed by atoms with van der Waals surface area (Å²) in [7, 11) is 0. The van der Waals surface area contributed by atoms with E-state index in [-0.39, 0.29) is 18.0 Å². The van der Waals surface area contributed by atoms with Gasteiger partial charge in [0.15, 0.2) is 6.10 Å². The minimum atomic E-state index is -1.05. The average Bonchev–Trinajstić information content (AvgIpc) is 2.62. The number of hydrogen-bond donors (Lipinski definition) is 2. The Bertz CT molecular complexity index is 850. The third-order valence-electron chi connectivity index (χ3n) is 3.76. The second kappa shape index (κ2) is 9.27. The SMILES string of the molecule is Cc1cccc(C)c1NC(=O)CNC(=O)[C@H](C)OC(=O)c1cncc(Br)c1. The van der Waals surface area contributed by atoms with E-state index in [4.69, 9.17) is 4.74 Å². The Balaban J connectivity index is 1.85. The van der Waals surface area contributed by atoms with Crippen LogP contribution in [-0.2, 0) is 14.3 Å². The van der Waals surface area contributed by atoms with Crippen molar-refractivity contribution < 1.29 is 19.1 Å². The maximum atomic E-state index is 12.1. The lowest BCUT2D eigenvalue weighted by molar-refractivity contribution is -0.130. The molecule has 8 heteroatoms. The fraction of sp³-hybridized carbons (Fsp3) is 0.263. The Hall–Kier alpha value is -2.74. The van der Waals surface area contributed by atoms with Crippen molar-refractivity contribution in [1.29, 1.82) is 0 Å². The molecule has 0 aliphatic heterocycles. The smallest absolute Gasteiger partial charge is 0.340 e. The number of ether oxygens (including phenoxy) is 1. The summed E-state index contributed by atoms with van der Waals surface area (Å²) < 4.78 is 5.72. The molecule has 0 fully saturated rings. The van der Waals surface area contributed by atoms with E-state index in [0.717, 1.165) is 16.8 Å². The number of nitrogens with one attached hydrogen (secondary N) is 2. The van der Waals surface area contributed by atoms with E-state index in [0.29, 0.717) is 4.47 Å². The quantitative estimate of drug-likeness (QED) is 0.682. The summed E-state index contributed by atoms with van der Waals surface area (Å²) in [5, 5.41) is 5.23. The zero-order valence-electron chi connectivity index (χ0n) is 15.2. The van der Waals surface area contributed by atoms with Gasteiger partial charge in [-0.15, -0.1) is 0 Å². The van der Waals surface area contributed by atoms with E-state index in [1.54, 1.807) is 0 Å². The number of halogens is 1. The van der Waals surface area contributed by atoms with Gasteiger partial charge in [-0.05, 0) is 53.9 Å². The minimum absolute atomic E-state index is 0.219. The monoisotopic (exact) mass is 433 g/mol. The van der Waals surface area contributed by atoms with Crippen molar-refractivity contribution >= 4 is 39.4 Å². The van der Waals surface area contributed by atoms with Gasteiger partial charge in [-0.2, -0.15) is 0 Å². The zero-order chi connectivity index (χ0) is 20.0. The molecule has 0 spiro atoms. The molecular weight excluding hydrogens is 414 g/mol. The van der Waals surface area contributed by atoms with Crippen LogP contribution >= 0.6 is 15.9 Å². The van der Waals surface area contributed by atoms with Gasteiger partial charge in [-0.25, -0.2) is 4.79 Å². The molecule has 27 heavy (non-hydrogen) atoms. The molecule has 0 aliphatic carbocycles. The fourth-order valence-electron chi connectivity index (χ4n) is 2.31. The number of nitrogens with zero attached hydrogens (tertiary/aromatic N) is 1. The lowest BCUT2D eigenvalue weighted by atomic mass is 10.1. The number of hydrogen-bond acceptors (Lipinski definition) is 5. The number of benzene rings is 1. The van der Waals surface area contributed by atoms with Gasteiger partial charge in [0.05, 0.1) is 12.1 Å². The Morgan fingerprint density at radius 2 is 1.85 bits per heavy atom. The fourth-order valence-corrected chi connectivity index (χ4v) is 2.68. The maximum Gasteiger partial charge on any atom is 0.340 e. The predicted octanol–water partition coefficient (Wildman–Crippen LogP) is 2.76. The van der Waals surface area contributed by atoms with Crippen LogP contribution in [0.5, 0.6) is 0 Å². The Morgan fingerprint density at radius 1 is 1.19 bits per heavy atom. The maximum absolute atomic E-state index is 12.1. The molecule has 1 heterocycles. The van der Waals surface area contributed by atoms with Gasteiger partial charge in [0.2, 0.25) is 5.91 Å². The largest absolute Gasteiger partial charge is 0.449 e. The third kappa shape index (κ3) is 5.89. The summed E-state index contributed by atoms with van der Waals surface area (Å²) in [6.45, 7) is 4.98. The minimum Gasteiger partial charge on any atom is -0.449 e. The molecule has 142 valence electrons. The van der Waals surface area contributed by atoms with Crippen molar-refractivity contribution in [2.75, 3.05) is 11.9 Å². The number of aromatic nitrogens is 1. The second-order valence-electron chi connectivity index (χ2n) is 5.97. The number of aryl methyl sites for hydroxylation is 2. The summed E-state index contributed by atoms with van der Waals surface area (Å²) in [6.07, 6.45) is 1.82. The number of carbonyl (C=O) groups excluding carboxylic acids is 3. The van der Waals surface area contributed by atoms with Crippen LogP contribution in [0.3, 0.4) is 0 Å². The van der Waals surface area contributed by atoms with Crippen molar-refractivity contribution in [3.05, 3.63) is 57.8 Å². The van der Waals surface area contributed by atoms with Gasteiger partial charge >= 0.3 is 5.97 Å². The molecular formula is C19H20BrN3O4. The highest BCUT2D eigenvalue weighted by Gasteiger charge is 2.20. The first-order chi connectivity index (χ1) is 12.8. The molecule has 2 rings (SSSR count). The topological polar surface area (TPSA) is 97.4 Å². The van der Waals surface area contributed by atoms with Gasteiger partial charge in [0.25, 0.3) is 5.91 Å². The highest BCUT2D eigenvalue weighted by molar-refractivity contribution is 9.10. The van der Waals surface area contributed by atoms with Crippen molar-refractivity contribution in [3.8, 4) is 0 Å². The Labute approximate surface area is 165 Å². The van der Waals surface area contributed by atoms with E-state index in [1.165, 1.54) is 25.4 Å². The molecule has 7 nitrogen and oxygen atoms in total. The van der Waals surface area contributed by atoms with Gasteiger partial charge < -0.3 is 15.4 Å².